The first kappa shape index (κ1) is 9.96. The fourth-order valence-electron chi connectivity index (χ4n) is 0.628. The molecule has 60 valence electrons. The summed E-state index contributed by atoms with van der Waals surface area (Å²) in [5.41, 5.74) is 0. The van der Waals surface area contributed by atoms with Gasteiger partial charge in [0, 0.05) is 0 Å². The monoisotopic (exact) mass is 148 g/mol. The Morgan fingerprint density at radius 1 is 1.00 bits per heavy atom. The molecule has 0 aliphatic rings. The molecule has 0 aliphatic carbocycles. The summed E-state index contributed by atoms with van der Waals surface area (Å²) in [6, 6.07) is 0. The molecule has 0 rings (SSSR count). The maximum absolute atomic E-state index is 3.64. The van der Waals surface area contributed by atoms with Crippen molar-refractivity contribution in [3.8, 4) is 0 Å². The summed E-state index contributed by atoms with van der Waals surface area (Å²) in [6.45, 7) is 5.65. The lowest BCUT2D eigenvalue weighted by Crippen LogP contribution is -1.60. The van der Waals surface area contributed by atoms with Crippen molar-refractivity contribution in [1.29, 1.82) is 0 Å². The van der Waals surface area contributed by atoms with Gasteiger partial charge in [-0.15, -0.1) is 6.58 Å². The molecule has 0 aromatic carbocycles. The van der Waals surface area contributed by atoms with Gasteiger partial charge in [-0.3, -0.25) is 0 Å². The van der Waals surface area contributed by atoms with E-state index in [2.05, 4.69) is 18.7 Å². The summed E-state index contributed by atoms with van der Waals surface area (Å²) in [7, 11) is 0. The molecular weight excluding hydrogens is 132 g/mol. The lowest BCUT2D eigenvalue weighted by atomic mass is 10.3. The highest BCUT2D eigenvalue weighted by Crippen LogP contribution is 1.91. The molecule has 0 fully saturated rings. The zero-order valence-electron chi connectivity index (χ0n) is 7.16. The molecule has 11 heavy (non-hydrogen) atoms. The minimum Gasteiger partial charge on any atom is -0.103 e. The van der Waals surface area contributed by atoms with Crippen molar-refractivity contribution in [3.05, 3.63) is 49.1 Å². The van der Waals surface area contributed by atoms with Gasteiger partial charge in [-0.2, -0.15) is 0 Å². The molecule has 0 saturated heterocycles. The average Bonchev–Trinajstić information content (AvgIpc) is 2.03. The van der Waals surface area contributed by atoms with Gasteiger partial charge in [0.15, 0.2) is 0 Å². The van der Waals surface area contributed by atoms with Crippen LogP contribution in [0.4, 0.5) is 0 Å². The van der Waals surface area contributed by atoms with Crippen LogP contribution in [0.15, 0.2) is 49.1 Å². The van der Waals surface area contributed by atoms with Gasteiger partial charge in [-0.05, 0) is 19.8 Å². The highest BCUT2D eigenvalue weighted by atomic mass is 13.8. The molecule has 0 atom stereocenters. The standard InChI is InChI=1S/C11H16/c1-3-5-7-9-11-10-8-6-4-2/h3-4,6,8-11H,1,5,7H2,2H3/b6-4-,10-8-,11-9+. The minimum atomic E-state index is 1.06. The molecule has 0 saturated carbocycles. The van der Waals surface area contributed by atoms with E-state index in [1.165, 1.54) is 0 Å². The van der Waals surface area contributed by atoms with Crippen LogP contribution < -0.4 is 0 Å². The third kappa shape index (κ3) is 8.96. The Morgan fingerprint density at radius 3 is 2.36 bits per heavy atom. The van der Waals surface area contributed by atoms with E-state index < -0.39 is 0 Å². The van der Waals surface area contributed by atoms with E-state index in [1.54, 1.807) is 0 Å². The molecule has 0 radical (unpaired) electrons. The van der Waals surface area contributed by atoms with Crippen LogP contribution in [0.25, 0.3) is 0 Å². The van der Waals surface area contributed by atoms with E-state index in [0.29, 0.717) is 0 Å². The van der Waals surface area contributed by atoms with E-state index in [4.69, 9.17) is 0 Å². The van der Waals surface area contributed by atoms with Gasteiger partial charge < -0.3 is 0 Å². The van der Waals surface area contributed by atoms with Crippen molar-refractivity contribution in [2.45, 2.75) is 19.8 Å². The van der Waals surface area contributed by atoms with E-state index in [0.717, 1.165) is 12.8 Å². The van der Waals surface area contributed by atoms with E-state index >= 15 is 0 Å². The van der Waals surface area contributed by atoms with Gasteiger partial charge in [0.1, 0.15) is 0 Å². The van der Waals surface area contributed by atoms with Gasteiger partial charge in [0.05, 0.1) is 0 Å². The Kier molecular flexibility index (Phi) is 8.11. The van der Waals surface area contributed by atoms with Crippen LogP contribution in [0.1, 0.15) is 19.8 Å². The van der Waals surface area contributed by atoms with Crippen molar-refractivity contribution >= 4 is 0 Å². The van der Waals surface area contributed by atoms with Crippen molar-refractivity contribution in [1.82, 2.24) is 0 Å². The SMILES string of the molecule is C=CCC/C=C/C=C\C=C/C. The molecule has 0 heteroatoms. The maximum Gasteiger partial charge on any atom is -0.0313 e. The Bertz CT molecular complexity index is 159. The molecule has 0 nitrogen and oxygen atoms in total. The lowest BCUT2D eigenvalue weighted by Gasteiger charge is -1.81. The first-order valence-electron chi connectivity index (χ1n) is 3.97. The third-order valence-electron chi connectivity index (χ3n) is 1.20. The number of unbranched alkanes of at least 4 members (excludes halogenated alkanes) is 1. The smallest absolute Gasteiger partial charge is 0.0313 e. The summed E-state index contributed by atoms with van der Waals surface area (Å²) in [5.74, 6) is 0. The second-order valence-electron chi connectivity index (χ2n) is 2.20. The first-order valence-corrected chi connectivity index (χ1v) is 3.97. The Morgan fingerprint density at radius 2 is 1.73 bits per heavy atom. The van der Waals surface area contributed by atoms with E-state index in [9.17, 15) is 0 Å². The van der Waals surface area contributed by atoms with Gasteiger partial charge in [0.2, 0.25) is 0 Å². The lowest BCUT2D eigenvalue weighted by molar-refractivity contribution is 1.06. The summed E-state index contributed by atoms with van der Waals surface area (Å²) in [6.07, 6.45) is 16.3. The summed E-state index contributed by atoms with van der Waals surface area (Å²) in [5, 5.41) is 0. The Balaban J connectivity index is 3.35. The Labute approximate surface area is 69.6 Å². The van der Waals surface area contributed by atoms with Gasteiger partial charge in [-0.25, -0.2) is 0 Å². The summed E-state index contributed by atoms with van der Waals surface area (Å²) < 4.78 is 0. The second-order valence-corrected chi connectivity index (χ2v) is 2.20. The normalized spacial score (nSPS) is 12.1. The average molecular weight is 148 g/mol. The maximum atomic E-state index is 3.64. The molecule has 0 aromatic heterocycles. The molecule has 0 aromatic rings. The number of hydrogen-bond donors (Lipinski definition) is 0. The number of allylic oxidation sites excluding steroid dienone is 7. The quantitative estimate of drug-likeness (QED) is 0.317. The van der Waals surface area contributed by atoms with Crippen LogP contribution >= 0.6 is 0 Å². The van der Waals surface area contributed by atoms with Gasteiger partial charge in [0.25, 0.3) is 0 Å². The number of hydrogen-bond acceptors (Lipinski definition) is 0. The predicted molar refractivity (Wildman–Crippen MR) is 52.5 cm³/mol. The van der Waals surface area contributed by atoms with E-state index in [1.807, 2.05) is 37.3 Å². The number of rotatable bonds is 5. The first-order chi connectivity index (χ1) is 5.41. The van der Waals surface area contributed by atoms with Crippen molar-refractivity contribution in [3.63, 3.8) is 0 Å². The highest BCUT2D eigenvalue weighted by Gasteiger charge is 1.70. The van der Waals surface area contributed by atoms with Crippen molar-refractivity contribution in [2.24, 2.45) is 0 Å². The fraction of sp³-hybridized carbons (Fsp3) is 0.273. The molecular formula is C11H16. The van der Waals surface area contributed by atoms with Crippen molar-refractivity contribution in [2.75, 3.05) is 0 Å². The largest absolute Gasteiger partial charge is 0.103 e. The van der Waals surface area contributed by atoms with Crippen LogP contribution in [0.3, 0.4) is 0 Å². The zero-order valence-corrected chi connectivity index (χ0v) is 7.16. The summed E-state index contributed by atoms with van der Waals surface area (Å²) in [4.78, 5) is 0. The zero-order chi connectivity index (χ0) is 8.36. The minimum absolute atomic E-state index is 1.06. The topological polar surface area (TPSA) is 0 Å². The molecule has 0 amide bonds. The molecule has 0 spiro atoms. The third-order valence-corrected chi connectivity index (χ3v) is 1.20. The van der Waals surface area contributed by atoms with Crippen LogP contribution in [0.2, 0.25) is 0 Å². The molecule has 0 bridgehead atoms. The molecule has 0 aliphatic heterocycles. The highest BCUT2D eigenvalue weighted by molar-refractivity contribution is 5.10. The van der Waals surface area contributed by atoms with Gasteiger partial charge in [-0.1, -0.05) is 42.5 Å². The van der Waals surface area contributed by atoms with Crippen LogP contribution in [-0.4, -0.2) is 0 Å². The predicted octanol–water partition coefficient (Wildman–Crippen LogP) is 3.64. The molecule has 0 N–H and O–H groups in total. The molecule has 0 unspecified atom stereocenters. The van der Waals surface area contributed by atoms with Crippen LogP contribution in [0.5, 0.6) is 0 Å². The van der Waals surface area contributed by atoms with Crippen molar-refractivity contribution < 1.29 is 0 Å². The fourth-order valence-corrected chi connectivity index (χ4v) is 0.628. The van der Waals surface area contributed by atoms with Gasteiger partial charge >= 0.3 is 0 Å². The van der Waals surface area contributed by atoms with Crippen LogP contribution in [-0.2, 0) is 0 Å². The Hall–Kier alpha value is -1.04. The van der Waals surface area contributed by atoms with E-state index in [-0.39, 0.29) is 0 Å². The second kappa shape index (κ2) is 8.96. The van der Waals surface area contributed by atoms with Crippen LogP contribution in [0, 0.1) is 0 Å². The molecule has 0 heterocycles. The summed E-state index contributed by atoms with van der Waals surface area (Å²) >= 11 is 0.